The van der Waals surface area contributed by atoms with E-state index in [0.29, 0.717) is 0 Å². The number of amides is 3. The van der Waals surface area contributed by atoms with Crippen molar-refractivity contribution in [1.29, 1.82) is 0 Å². The van der Waals surface area contributed by atoms with E-state index in [1.165, 1.54) is 0 Å². The van der Waals surface area contributed by atoms with Crippen LogP contribution in [0.4, 0.5) is 4.79 Å². The zero-order valence-electron chi connectivity index (χ0n) is 11.6. The van der Waals surface area contributed by atoms with E-state index in [9.17, 15) is 9.59 Å². The highest BCUT2D eigenvalue weighted by molar-refractivity contribution is 6.13. The van der Waals surface area contributed by atoms with Gasteiger partial charge < -0.3 is 5.32 Å². The Bertz CT molecular complexity index is 797. The third-order valence-corrected chi connectivity index (χ3v) is 4.39. The second-order valence-electron chi connectivity index (χ2n) is 5.44. The molecule has 104 valence electrons. The first-order chi connectivity index (χ1) is 10.2. The lowest BCUT2D eigenvalue weighted by Crippen LogP contribution is -2.43. The highest BCUT2D eigenvalue weighted by atomic mass is 16.2. The molecular formula is C17H14N2O2. The van der Waals surface area contributed by atoms with E-state index in [0.717, 1.165) is 34.2 Å². The second kappa shape index (κ2) is 3.95. The second-order valence-corrected chi connectivity index (χ2v) is 5.44. The fraction of sp³-hybridized carbons (Fsp3) is 0.176. The van der Waals surface area contributed by atoms with Crippen LogP contribution >= 0.6 is 0 Å². The summed E-state index contributed by atoms with van der Waals surface area (Å²) in [6.07, 6.45) is 0.884. The maximum absolute atomic E-state index is 12.5. The van der Waals surface area contributed by atoms with Crippen molar-refractivity contribution in [2.24, 2.45) is 0 Å². The number of imide groups is 1. The summed E-state index contributed by atoms with van der Waals surface area (Å²) in [5.41, 5.74) is 3.80. The molecule has 1 atom stereocenters. The average molecular weight is 278 g/mol. The van der Waals surface area contributed by atoms with Crippen LogP contribution in [0, 0.1) is 0 Å². The molecule has 1 heterocycles. The fourth-order valence-corrected chi connectivity index (χ4v) is 3.38. The lowest BCUT2D eigenvalue weighted by atomic mass is 9.87. The van der Waals surface area contributed by atoms with Gasteiger partial charge in [-0.3, -0.25) is 10.1 Å². The topological polar surface area (TPSA) is 58.2 Å². The van der Waals surface area contributed by atoms with Gasteiger partial charge in [0.25, 0.3) is 5.91 Å². The van der Waals surface area contributed by atoms with Gasteiger partial charge in [0.1, 0.15) is 0 Å². The van der Waals surface area contributed by atoms with Crippen LogP contribution in [0.3, 0.4) is 0 Å². The number of rotatable bonds is 1. The molecule has 3 amide bonds. The standard InChI is InChI=1S/C17H14N2O2/c1-2-10-7-8-12-11-5-3-4-6-13(11)17(14(12)9-10)15(20)18-16(21)19-17/h3-9H,2H2,1H3,(H2,18,19,20,21). The number of urea groups is 1. The SMILES string of the molecule is CCc1ccc2c(c1)C1(NC(=O)NC1=O)c1ccccc1-2. The Balaban J connectivity index is 2.08. The average Bonchev–Trinajstić information content (AvgIpc) is 2.96. The molecule has 2 N–H and O–H groups in total. The van der Waals surface area contributed by atoms with Gasteiger partial charge in [-0.1, -0.05) is 49.4 Å². The van der Waals surface area contributed by atoms with Crippen LogP contribution in [0.5, 0.6) is 0 Å². The fourth-order valence-electron chi connectivity index (χ4n) is 3.38. The van der Waals surface area contributed by atoms with E-state index < -0.39 is 11.6 Å². The van der Waals surface area contributed by atoms with Crippen molar-refractivity contribution in [3.8, 4) is 11.1 Å². The van der Waals surface area contributed by atoms with Gasteiger partial charge >= 0.3 is 6.03 Å². The highest BCUT2D eigenvalue weighted by Gasteiger charge is 2.54. The van der Waals surface area contributed by atoms with E-state index in [4.69, 9.17) is 0 Å². The van der Waals surface area contributed by atoms with Gasteiger partial charge in [0.05, 0.1) is 0 Å². The third-order valence-electron chi connectivity index (χ3n) is 4.39. The molecule has 1 aliphatic carbocycles. The maximum atomic E-state index is 12.5. The monoisotopic (exact) mass is 278 g/mol. The summed E-state index contributed by atoms with van der Waals surface area (Å²) in [5.74, 6) is -0.299. The van der Waals surface area contributed by atoms with Crippen LogP contribution in [0.25, 0.3) is 11.1 Å². The Hall–Kier alpha value is -2.62. The predicted octanol–water partition coefficient (Wildman–Crippen LogP) is 2.31. The van der Waals surface area contributed by atoms with E-state index in [2.05, 4.69) is 23.6 Å². The summed E-state index contributed by atoms with van der Waals surface area (Å²) < 4.78 is 0. The molecule has 4 rings (SSSR count). The van der Waals surface area contributed by atoms with Gasteiger partial charge in [-0.25, -0.2) is 4.79 Å². The summed E-state index contributed by atoms with van der Waals surface area (Å²) in [7, 11) is 0. The Kier molecular flexibility index (Phi) is 2.28. The van der Waals surface area contributed by atoms with Crippen LogP contribution in [0.15, 0.2) is 42.5 Å². The van der Waals surface area contributed by atoms with Crippen LogP contribution in [-0.4, -0.2) is 11.9 Å². The van der Waals surface area contributed by atoms with Gasteiger partial charge in [-0.15, -0.1) is 0 Å². The smallest absolute Gasteiger partial charge is 0.316 e. The van der Waals surface area contributed by atoms with Crippen molar-refractivity contribution in [3.05, 3.63) is 59.2 Å². The van der Waals surface area contributed by atoms with E-state index >= 15 is 0 Å². The molecule has 1 spiro atoms. The van der Waals surface area contributed by atoms with Crippen LogP contribution in [0.2, 0.25) is 0 Å². The minimum atomic E-state index is -1.08. The normalized spacial score (nSPS) is 22.0. The number of benzene rings is 2. The maximum Gasteiger partial charge on any atom is 0.322 e. The molecule has 4 heteroatoms. The highest BCUT2D eigenvalue weighted by Crippen LogP contribution is 2.48. The summed E-state index contributed by atoms with van der Waals surface area (Å²) >= 11 is 0. The van der Waals surface area contributed by atoms with Gasteiger partial charge in [0.15, 0.2) is 5.54 Å². The molecule has 1 fully saturated rings. The Morgan fingerprint density at radius 2 is 1.76 bits per heavy atom. The minimum Gasteiger partial charge on any atom is -0.316 e. The minimum absolute atomic E-state index is 0.299. The third kappa shape index (κ3) is 1.39. The van der Waals surface area contributed by atoms with Crippen molar-refractivity contribution in [2.45, 2.75) is 18.9 Å². The Morgan fingerprint density at radius 1 is 1.00 bits per heavy atom. The van der Waals surface area contributed by atoms with Gasteiger partial charge in [-0.05, 0) is 34.2 Å². The summed E-state index contributed by atoms with van der Waals surface area (Å²) in [4.78, 5) is 24.3. The Labute approximate surface area is 122 Å². The molecule has 1 aliphatic heterocycles. The van der Waals surface area contributed by atoms with Crippen molar-refractivity contribution >= 4 is 11.9 Å². The molecule has 4 nitrogen and oxygen atoms in total. The van der Waals surface area contributed by atoms with Crippen molar-refractivity contribution in [1.82, 2.24) is 10.6 Å². The lowest BCUT2D eigenvalue weighted by molar-refractivity contribution is -0.122. The molecule has 0 saturated carbocycles. The first kappa shape index (κ1) is 12.1. The van der Waals surface area contributed by atoms with E-state index in [-0.39, 0.29) is 5.91 Å². The van der Waals surface area contributed by atoms with Crippen LogP contribution < -0.4 is 10.6 Å². The van der Waals surface area contributed by atoms with E-state index in [1.807, 2.05) is 36.4 Å². The van der Waals surface area contributed by atoms with Gasteiger partial charge in [-0.2, -0.15) is 0 Å². The molecule has 2 aromatic rings. The zero-order chi connectivity index (χ0) is 14.6. The number of aryl methyl sites for hydroxylation is 1. The van der Waals surface area contributed by atoms with Gasteiger partial charge in [0.2, 0.25) is 0 Å². The molecule has 0 radical (unpaired) electrons. The van der Waals surface area contributed by atoms with Crippen molar-refractivity contribution in [2.75, 3.05) is 0 Å². The molecular weight excluding hydrogens is 264 g/mol. The quantitative estimate of drug-likeness (QED) is 0.786. The number of carbonyl (C=O) groups excluding carboxylic acids is 2. The number of hydrogen-bond acceptors (Lipinski definition) is 2. The number of carbonyl (C=O) groups is 2. The largest absolute Gasteiger partial charge is 0.322 e. The summed E-state index contributed by atoms with van der Waals surface area (Å²) in [5, 5.41) is 5.22. The number of nitrogens with one attached hydrogen (secondary N) is 2. The predicted molar refractivity (Wildman–Crippen MR) is 78.7 cm³/mol. The van der Waals surface area contributed by atoms with Crippen LogP contribution in [0.1, 0.15) is 23.6 Å². The summed E-state index contributed by atoms with van der Waals surface area (Å²) in [6, 6.07) is 13.4. The molecule has 2 aliphatic rings. The van der Waals surface area contributed by atoms with E-state index in [1.54, 1.807) is 0 Å². The van der Waals surface area contributed by atoms with Gasteiger partial charge in [0, 0.05) is 0 Å². The van der Waals surface area contributed by atoms with Crippen molar-refractivity contribution < 1.29 is 9.59 Å². The molecule has 1 unspecified atom stereocenters. The summed E-state index contributed by atoms with van der Waals surface area (Å²) in [6.45, 7) is 2.07. The number of hydrogen-bond donors (Lipinski definition) is 2. The molecule has 0 bridgehead atoms. The Morgan fingerprint density at radius 3 is 2.48 bits per heavy atom. The molecule has 1 saturated heterocycles. The lowest BCUT2D eigenvalue weighted by Gasteiger charge is -2.23. The molecule has 2 aromatic carbocycles. The first-order valence-electron chi connectivity index (χ1n) is 7.03. The molecule has 0 aromatic heterocycles. The first-order valence-corrected chi connectivity index (χ1v) is 7.03. The molecule has 21 heavy (non-hydrogen) atoms. The number of fused-ring (bicyclic) bond motifs is 5. The zero-order valence-corrected chi connectivity index (χ0v) is 11.6. The van der Waals surface area contributed by atoms with Crippen LogP contribution in [-0.2, 0) is 16.8 Å². The van der Waals surface area contributed by atoms with Crippen molar-refractivity contribution in [3.63, 3.8) is 0 Å².